The Bertz CT molecular complexity index is 1260. The molecule has 0 amide bonds. The third-order valence-electron chi connectivity index (χ3n) is 4.58. The first kappa shape index (κ1) is 18.2. The van der Waals surface area contributed by atoms with Crippen LogP contribution in [0.5, 0.6) is 0 Å². The normalized spacial score (nSPS) is 16.7. The highest BCUT2D eigenvalue weighted by Gasteiger charge is 2.32. The topological polar surface area (TPSA) is 73.8 Å². The number of rotatable bonds is 3. The zero-order valence-electron chi connectivity index (χ0n) is 15.6. The number of carbonyl (C=O) groups excluding carboxylic acids is 1. The lowest BCUT2D eigenvalue weighted by Gasteiger charge is -2.24. The van der Waals surface area contributed by atoms with Crippen LogP contribution in [0.2, 0.25) is 0 Å². The van der Waals surface area contributed by atoms with Gasteiger partial charge in [-0.1, -0.05) is 41.7 Å². The van der Waals surface area contributed by atoms with E-state index in [-0.39, 0.29) is 5.56 Å². The number of esters is 1. The van der Waals surface area contributed by atoms with E-state index in [2.05, 4.69) is 4.99 Å². The summed E-state index contributed by atoms with van der Waals surface area (Å²) in [5.41, 5.74) is 1.50. The van der Waals surface area contributed by atoms with Gasteiger partial charge >= 0.3 is 5.97 Å². The summed E-state index contributed by atoms with van der Waals surface area (Å²) >= 11 is 1.27. The lowest BCUT2D eigenvalue weighted by atomic mass is 9.96. The van der Waals surface area contributed by atoms with Gasteiger partial charge in [0.15, 0.2) is 4.80 Å². The fourth-order valence-electron chi connectivity index (χ4n) is 3.30. The Morgan fingerprint density at radius 3 is 2.61 bits per heavy atom. The number of nitrogens with zero attached hydrogens (tertiary/aromatic N) is 2. The van der Waals surface area contributed by atoms with Gasteiger partial charge in [-0.25, -0.2) is 9.79 Å². The molecule has 4 rings (SSSR count). The van der Waals surface area contributed by atoms with E-state index >= 15 is 0 Å². The van der Waals surface area contributed by atoms with Crippen LogP contribution in [0.25, 0.3) is 6.08 Å². The fourth-order valence-corrected chi connectivity index (χ4v) is 4.33. The molecule has 142 valence electrons. The zero-order valence-corrected chi connectivity index (χ0v) is 16.4. The number of hydrogen-bond acceptors (Lipinski definition) is 6. The lowest BCUT2D eigenvalue weighted by molar-refractivity contribution is -0.136. The van der Waals surface area contributed by atoms with Gasteiger partial charge in [0.05, 0.1) is 29.0 Å². The predicted octanol–water partition coefficient (Wildman–Crippen LogP) is 2.31. The van der Waals surface area contributed by atoms with Crippen LogP contribution < -0.4 is 14.9 Å². The molecule has 2 aromatic heterocycles. The molecule has 0 bridgehead atoms. The third kappa shape index (κ3) is 3.03. The van der Waals surface area contributed by atoms with Gasteiger partial charge in [0.2, 0.25) is 0 Å². The second kappa shape index (κ2) is 7.09. The summed E-state index contributed by atoms with van der Waals surface area (Å²) in [5, 5.41) is 0. The second-order valence-electron chi connectivity index (χ2n) is 6.43. The van der Waals surface area contributed by atoms with E-state index in [4.69, 9.17) is 9.15 Å². The first-order valence-corrected chi connectivity index (χ1v) is 9.53. The molecule has 1 aromatic carbocycles. The molecule has 7 heteroatoms. The van der Waals surface area contributed by atoms with E-state index in [1.54, 1.807) is 17.6 Å². The van der Waals surface area contributed by atoms with E-state index in [0.29, 0.717) is 26.4 Å². The molecule has 0 aliphatic carbocycles. The van der Waals surface area contributed by atoms with Crippen LogP contribution in [0.3, 0.4) is 0 Å². The number of thiazole rings is 1. The van der Waals surface area contributed by atoms with Crippen molar-refractivity contribution in [3.8, 4) is 0 Å². The van der Waals surface area contributed by atoms with E-state index in [1.165, 1.54) is 18.4 Å². The number of carbonyl (C=O) groups is 1. The monoisotopic (exact) mass is 394 g/mol. The van der Waals surface area contributed by atoms with Gasteiger partial charge in [-0.05, 0) is 31.5 Å². The number of allylic oxidation sites excluding steroid dienone is 1. The predicted molar refractivity (Wildman–Crippen MR) is 106 cm³/mol. The molecule has 1 atom stereocenters. The molecule has 0 spiro atoms. The third-order valence-corrected chi connectivity index (χ3v) is 5.56. The number of ether oxygens (including phenoxy) is 1. The summed E-state index contributed by atoms with van der Waals surface area (Å²) < 4.78 is 12.6. The van der Waals surface area contributed by atoms with Crippen molar-refractivity contribution < 1.29 is 13.9 Å². The maximum Gasteiger partial charge on any atom is 0.338 e. The van der Waals surface area contributed by atoms with Crippen LogP contribution in [0.15, 0.2) is 67.9 Å². The van der Waals surface area contributed by atoms with Gasteiger partial charge in [0, 0.05) is 6.08 Å². The van der Waals surface area contributed by atoms with E-state index in [1.807, 2.05) is 49.4 Å². The average molecular weight is 394 g/mol. The molecule has 1 aliphatic heterocycles. The summed E-state index contributed by atoms with van der Waals surface area (Å²) in [4.78, 5) is 30.8. The maximum atomic E-state index is 13.2. The van der Waals surface area contributed by atoms with Crippen molar-refractivity contribution in [3.05, 3.63) is 90.5 Å². The first-order chi connectivity index (χ1) is 13.5. The molecule has 0 N–H and O–H groups in total. The van der Waals surface area contributed by atoms with Crippen molar-refractivity contribution in [2.75, 3.05) is 7.11 Å². The molecule has 1 aliphatic rings. The molecule has 6 nitrogen and oxygen atoms in total. The average Bonchev–Trinajstić information content (AvgIpc) is 3.24. The minimum atomic E-state index is -0.592. The SMILES string of the molecule is COC(=O)C1=C(C)N=c2s/c(=C\c3ccc(C)o3)c(=O)n2[C@H]1c1ccccc1. The molecule has 0 saturated heterocycles. The Kier molecular flexibility index (Phi) is 4.60. The van der Waals surface area contributed by atoms with Gasteiger partial charge < -0.3 is 9.15 Å². The summed E-state index contributed by atoms with van der Waals surface area (Å²) in [6.45, 7) is 3.61. The van der Waals surface area contributed by atoms with E-state index in [9.17, 15) is 9.59 Å². The van der Waals surface area contributed by atoms with Crippen molar-refractivity contribution in [2.24, 2.45) is 4.99 Å². The van der Waals surface area contributed by atoms with Crippen LogP contribution in [0.1, 0.15) is 30.0 Å². The molecule has 28 heavy (non-hydrogen) atoms. The van der Waals surface area contributed by atoms with Crippen molar-refractivity contribution in [1.82, 2.24) is 4.57 Å². The Morgan fingerprint density at radius 2 is 1.96 bits per heavy atom. The van der Waals surface area contributed by atoms with Crippen LogP contribution in [-0.4, -0.2) is 17.6 Å². The minimum absolute atomic E-state index is 0.222. The van der Waals surface area contributed by atoms with Crippen molar-refractivity contribution >= 4 is 23.4 Å². The molecular weight excluding hydrogens is 376 g/mol. The van der Waals surface area contributed by atoms with Gasteiger partial charge in [0.1, 0.15) is 11.5 Å². The van der Waals surface area contributed by atoms with Crippen LogP contribution in [0, 0.1) is 6.92 Å². The summed E-state index contributed by atoms with van der Waals surface area (Å²) in [5.74, 6) is 0.874. The van der Waals surface area contributed by atoms with Crippen molar-refractivity contribution in [1.29, 1.82) is 0 Å². The number of methoxy groups -OCH3 is 1. The van der Waals surface area contributed by atoms with Crippen LogP contribution >= 0.6 is 11.3 Å². The lowest BCUT2D eigenvalue weighted by Crippen LogP contribution is -2.39. The largest absolute Gasteiger partial charge is 0.466 e. The highest BCUT2D eigenvalue weighted by Crippen LogP contribution is 2.30. The number of furan rings is 1. The quantitative estimate of drug-likeness (QED) is 0.639. The molecule has 0 radical (unpaired) electrons. The Balaban J connectivity index is 1.99. The molecule has 3 heterocycles. The Hall–Kier alpha value is -3.19. The second-order valence-corrected chi connectivity index (χ2v) is 7.44. The summed E-state index contributed by atoms with van der Waals surface area (Å²) in [7, 11) is 1.33. The number of aryl methyl sites for hydroxylation is 1. The summed E-state index contributed by atoms with van der Waals surface area (Å²) in [6, 6.07) is 12.5. The molecular formula is C21H18N2O4S. The van der Waals surface area contributed by atoms with Crippen LogP contribution in [0.4, 0.5) is 0 Å². The molecule has 0 unspecified atom stereocenters. The molecule has 3 aromatic rings. The Labute approximate surface area is 164 Å². The maximum absolute atomic E-state index is 13.2. The molecule has 0 fully saturated rings. The first-order valence-electron chi connectivity index (χ1n) is 8.72. The van der Waals surface area contributed by atoms with Gasteiger partial charge in [0.25, 0.3) is 5.56 Å². The van der Waals surface area contributed by atoms with Gasteiger partial charge in [-0.2, -0.15) is 0 Å². The van der Waals surface area contributed by atoms with Crippen LogP contribution in [-0.2, 0) is 9.53 Å². The number of aromatic nitrogens is 1. The van der Waals surface area contributed by atoms with Gasteiger partial charge in [-0.15, -0.1) is 0 Å². The minimum Gasteiger partial charge on any atom is -0.466 e. The fraction of sp³-hybridized carbons (Fsp3) is 0.190. The van der Waals surface area contributed by atoms with Crippen molar-refractivity contribution in [2.45, 2.75) is 19.9 Å². The highest BCUT2D eigenvalue weighted by molar-refractivity contribution is 7.07. The zero-order chi connectivity index (χ0) is 19.8. The summed E-state index contributed by atoms with van der Waals surface area (Å²) in [6.07, 6.45) is 1.70. The van der Waals surface area contributed by atoms with Crippen molar-refractivity contribution in [3.63, 3.8) is 0 Å². The molecule has 0 saturated carbocycles. The van der Waals surface area contributed by atoms with E-state index in [0.717, 1.165) is 11.3 Å². The number of benzene rings is 1. The standard InChI is InChI=1S/C21H18N2O4S/c1-12-9-10-15(27-12)11-16-19(24)23-18(14-7-5-4-6-8-14)17(20(25)26-3)13(2)22-21(23)28-16/h4-11,18H,1-3H3/b16-11-/t18-/m0/s1. The smallest absolute Gasteiger partial charge is 0.338 e. The number of fused-ring (bicyclic) bond motifs is 1. The van der Waals surface area contributed by atoms with Gasteiger partial charge in [-0.3, -0.25) is 9.36 Å². The number of hydrogen-bond donors (Lipinski definition) is 0. The Morgan fingerprint density at radius 1 is 1.21 bits per heavy atom. The highest BCUT2D eigenvalue weighted by atomic mass is 32.1. The van der Waals surface area contributed by atoms with E-state index < -0.39 is 12.0 Å².